The molecule has 0 spiro atoms. The van der Waals surface area contributed by atoms with E-state index < -0.39 is 0 Å². The van der Waals surface area contributed by atoms with Crippen LogP contribution in [0.4, 0.5) is 0 Å². The molecule has 0 radical (unpaired) electrons. The summed E-state index contributed by atoms with van der Waals surface area (Å²) in [6.07, 6.45) is 0. The molecule has 2 heterocycles. The lowest BCUT2D eigenvalue weighted by Gasteiger charge is -2.41. The number of thiophene rings is 1. The van der Waals surface area contributed by atoms with Gasteiger partial charge in [0.1, 0.15) is 5.75 Å². The number of methoxy groups -OCH3 is 1. The third-order valence-electron chi connectivity index (χ3n) is 4.38. The summed E-state index contributed by atoms with van der Waals surface area (Å²) >= 11 is 1.78. The van der Waals surface area contributed by atoms with Crippen molar-refractivity contribution >= 4 is 17.2 Å². The zero-order valence-corrected chi connectivity index (χ0v) is 14.4. The first-order valence-corrected chi connectivity index (χ1v) is 8.71. The molecule has 1 aromatic carbocycles. The van der Waals surface area contributed by atoms with Gasteiger partial charge in [0.25, 0.3) is 0 Å². The second-order valence-electron chi connectivity index (χ2n) is 5.80. The first kappa shape index (κ1) is 16.0. The predicted molar refractivity (Wildman–Crippen MR) is 92.7 cm³/mol. The van der Waals surface area contributed by atoms with Crippen LogP contribution in [0.3, 0.4) is 0 Å². The van der Waals surface area contributed by atoms with Gasteiger partial charge < -0.3 is 9.64 Å². The summed E-state index contributed by atoms with van der Waals surface area (Å²) in [5.74, 6) is 1.01. The Labute approximate surface area is 141 Å². The monoisotopic (exact) mass is 330 g/mol. The van der Waals surface area contributed by atoms with Crippen LogP contribution in [0.15, 0.2) is 41.8 Å². The van der Waals surface area contributed by atoms with Gasteiger partial charge in [0, 0.05) is 38.0 Å². The minimum atomic E-state index is 0.152. The molecule has 0 saturated carbocycles. The molecule has 0 unspecified atom stereocenters. The molecule has 0 N–H and O–H groups in total. The molecule has 0 aliphatic carbocycles. The second kappa shape index (κ2) is 7.15. The maximum atomic E-state index is 11.8. The van der Waals surface area contributed by atoms with Crippen LogP contribution in [-0.4, -0.2) is 42.5 Å². The number of hydrogen-bond acceptors (Lipinski definition) is 4. The lowest BCUT2D eigenvalue weighted by atomic mass is 10.0. The van der Waals surface area contributed by atoms with Crippen molar-refractivity contribution in [1.82, 2.24) is 9.80 Å². The zero-order valence-electron chi connectivity index (χ0n) is 13.6. The van der Waals surface area contributed by atoms with E-state index in [4.69, 9.17) is 4.74 Å². The van der Waals surface area contributed by atoms with Gasteiger partial charge in [0.2, 0.25) is 5.91 Å². The van der Waals surface area contributed by atoms with Crippen molar-refractivity contribution in [2.24, 2.45) is 0 Å². The fourth-order valence-electron chi connectivity index (χ4n) is 3.04. The number of hydrogen-bond donors (Lipinski definition) is 0. The van der Waals surface area contributed by atoms with Gasteiger partial charge in [-0.1, -0.05) is 18.2 Å². The molecule has 0 bridgehead atoms. The van der Waals surface area contributed by atoms with E-state index in [1.807, 2.05) is 17.0 Å². The number of piperazine rings is 1. The van der Waals surface area contributed by atoms with Gasteiger partial charge in [-0.3, -0.25) is 9.69 Å². The lowest BCUT2D eigenvalue weighted by molar-refractivity contribution is -0.132. The molecule has 1 amide bonds. The molecule has 1 atom stereocenters. The van der Waals surface area contributed by atoms with E-state index >= 15 is 0 Å². The average Bonchev–Trinajstić information content (AvgIpc) is 3.08. The van der Waals surface area contributed by atoms with E-state index in [0.717, 1.165) is 31.9 Å². The SMILES string of the molecule is COc1ccc([C@@H]2CN(C(C)=O)CCN2Cc2cccs2)cc1. The lowest BCUT2D eigenvalue weighted by Crippen LogP contribution is -2.49. The van der Waals surface area contributed by atoms with Gasteiger partial charge in [-0.25, -0.2) is 0 Å². The van der Waals surface area contributed by atoms with Crippen LogP contribution in [0.25, 0.3) is 0 Å². The average molecular weight is 330 g/mol. The minimum absolute atomic E-state index is 0.152. The molecule has 1 saturated heterocycles. The smallest absolute Gasteiger partial charge is 0.219 e. The van der Waals surface area contributed by atoms with Crippen molar-refractivity contribution in [2.75, 3.05) is 26.7 Å². The van der Waals surface area contributed by atoms with Gasteiger partial charge in [0.05, 0.1) is 13.2 Å². The summed E-state index contributed by atoms with van der Waals surface area (Å²) in [6, 6.07) is 12.7. The predicted octanol–water partition coefficient (Wildman–Crippen LogP) is 3.16. The Morgan fingerprint density at radius 2 is 2.04 bits per heavy atom. The molecule has 3 rings (SSSR count). The van der Waals surface area contributed by atoms with Crippen molar-refractivity contribution in [3.8, 4) is 5.75 Å². The van der Waals surface area contributed by atoms with E-state index in [2.05, 4.69) is 34.5 Å². The van der Waals surface area contributed by atoms with Crippen molar-refractivity contribution in [1.29, 1.82) is 0 Å². The molecule has 1 aromatic heterocycles. The Bertz CT molecular complexity index is 640. The van der Waals surface area contributed by atoms with E-state index in [1.165, 1.54) is 10.4 Å². The van der Waals surface area contributed by atoms with Crippen molar-refractivity contribution in [3.05, 3.63) is 52.2 Å². The number of benzene rings is 1. The summed E-state index contributed by atoms with van der Waals surface area (Å²) < 4.78 is 5.25. The van der Waals surface area contributed by atoms with Crippen LogP contribution in [0.1, 0.15) is 23.4 Å². The highest BCUT2D eigenvalue weighted by atomic mass is 32.1. The Balaban J connectivity index is 1.82. The standard InChI is InChI=1S/C18H22N2O2S/c1-14(21)19-9-10-20(12-17-4-3-11-23-17)18(13-19)15-5-7-16(22-2)8-6-15/h3-8,11,18H,9-10,12-13H2,1-2H3/t18-/m0/s1. The topological polar surface area (TPSA) is 32.8 Å². The highest BCUT2D eigenvalue weighted by Gasteiger charge is 2.29. The van der Waals surface area contributed by atoms with Gasteiger partial charge in [-0.15, -0.1) is 11.3 Å². The van der Waals surface area contributed by atoms with Gasteiger partial charge >= 0.3 is 0 Å². The van der Waals surface area contributed by atoms with Crippen LogP contribution in [0.5, 0.6) is 5.75 Å². The highest BCUT2D eigenvalue weighted by Crippen LogP contribution is 2.29. The van der Waals surface area contributed by atoms with Gasteiger partial charge in [-0.05, 0) is 29.1 Å². The fourth-order valence-corrected chi connectivity index (χ4v) is 3.77. The van der Waals surface area contributed by atoms with E-state index in [9.17, 15) is 4.79 Å². The molecule has 1 fully saturated rings. The first-order chi connectivity index (χ1) is 11.2. The first-order valence-electron chi connectivity index (χ1n) is 7.83. The Hall–Kier alpha value is -1.85. The van der Waals surface area contributed by atoms with E-state index in [0.29, 0.717) is 0 Å². The van der Waals surface area contributed by atoms with Crippen molar-refractivity contribution in [2.45, 2.75) is 19.5 Å². The summed E-state index contributed by atoms with van der Waals surface area (Å²) in [7, 11) is 1.68. The molecule has 1 aliphatic rings. The van der Waals surface area contributed by atoms with Gasteiger partial charge in [-0.2, -0.15) is 0 Å². The van der Waals surface area contributed by atoms with E-state index in [-0.39, 0.29) is 11.9 Å². The largest absolute Gasteiger partial charge is 0.497 e. The van der Waals surface area contributed by atoms with Gasteiger partial charge in [0.15, 0.2) is 0 Å². The number of ether oxygens (including phenoxy) is 1. The third-order valence-corrected chi connectivity index (χ3v) is 5.24. The fraction of sp³-hybridized carbons (Fsp3) is 0.389. The van der Waals surface area contributed by atoms with E-state index in [1.54, 1.807) is 25.4 Å². The molecule has 4 nitrogen and oxygen atoms in total. The molecule has 5 heteroatoms. The Kier molecular flexibility index (Phi) is 4.98. The van der Waals surface area contributed by atoms with Crippen LogP contribution in [0, 0.1) is 0 Å². The molecule has 1 aliphatic heterocycles. The van der Waals surface area contributed by atoms with Crippen LogP contribution in [-0.2, 0) is 11.3 Å². The second-order valence-corrected chi connectivity index (χ2v) is 6.84. The number of nitrogens with zero attached hydrogens (tertiary/aromatic N) is 2. The zero-order chi connectivity index (χ0) is 16.2. The third kappa shape index (κ3) is 3.74. The molecular formula is C18H22N2O2S. The molecular weight excluding hydrogens is 308 g/mol. The quantitative estimate of drug-likeness (QED) is 0.863. The van der Waals surface area contributed by atoms with Crippen LogP contribution >= 0.6 is 11.3 Å². The van der Waals surface area contributed by atoms with Crippen LogP contribution < -0.4 is 4.74 Å². The number of carbonyl (C=O) groups excluding carboxylic acids is 1. The molecule has 122 valence electrons. The molecule has 2 aromatic rings. The summed E-state index contributed by atoms with van der Waals surface area (Å²) in [5, 5.41) is 2.11. The van der Waals surface area contributed by atoms with Crippen molar-refractivity contribution in [3.63, 3.8) is 0 Å². The normalized spacial score (nSPS) is 18.9. The minimum Gasteiger partial charge on any atom is -0.497 e. The summed E-state index contributed by atoms with van der Waals surface area (Å²) in [6.45, 7) is 5.02. The highest BCUT2D eigenvalue weighted by molar-refractivity contribution is 7.09. The number of carbonyl (C=O) groups is 1. The van der Waals surface area contributed by atoms with Crippen LogP contribution in [0.2, 0.25) is 0 Å². The van der Waals surface area contributed by atoms with Crippen molar-refractivity contribution < 1.29 is 9.53 Å². The maximum absolute atomic E-state index is 11.8. The summed E-state index contributed by atoms with van der Waals surface area (Å²) in [5.41, 5.74) is 1.23. The summed E-state index contributed by atoms with van der Waals surface area (Å²) in [4.78, 5) is 17.6. The Morgan fingerprint density at radius 3 is 2.65 bits per heavy atom. The maximum Gasteiger partial charge on any atom is 0.219 e. The molecule has 23 heavy (non-hydrogen) atoms. The number of amides is 1. The number of rotatable bonds is 4. The Morgan fingerprint density at radius 1 is 1.26 bits per heavy atom.